The van der Waals surface area contributed by atoms with Crippen molar-refractivity contribution in [1.82, 2.24) is 9.62 Å². The van der Waals surface area contributed by atoms with E-state index in [9.17, 15) is 26.0 Å². The van der Waals surface area contributed by atoms with Crippen LogP contribution in [0.2, 0.25) is 0 Å². The average molecular weight is 528 g/mol. The van der Waals surface area contributed by atoms with Crippen LogP contribution in [0.5, 0.6) is 5.75 Å². The Morgan fingerprint density at radius 1 is 1.03 bits per heavy atom. The van der Waals surface area contributed by atoms with Crippen molar-refractivity contribution in [2.75, 3.05) is 51.0 Å². The van der Waals surface area contributed by atoms with Crippen LogP contribution in [0.3, 0.4) is 0 Å². The highest BCUT2D eigenvalue weighted by atomic mass is 32.2. The first-order chi connectivity index (χ1) is 16.3. The van der Waals surface area contributed by atoms with Crippen LogP contribution < -0.4 is 14.4 Å². The van der Waals surface area contributed by atoms with Crippen LogP contribution in [0, 0.1) is 11.7 Å². The van der Waals surface area contributed by atoms with E-state index in [0.717, 1.165) is 12.3 Å². The van der Waals surface area contributed by atoms with Gasteiger partial charge in [-0.1, -0.05) is 13.8 Å². The van der Waals surface area contributed by atoms with Gasteiger partial charge in [0.2, 0.25) is 10.0 Å². The molecule has 1 saturated heterocycles. The van der Waals surface area contributed by atoms with E-state index in [2.05, 4.69) is 4.72 Å². The maximum Gasteiger partial charge on any atom is 0.257 e. The van der Waals surface area contributed by atoms with Crippen LogP contribution in [0.15, 0.2) is 46.2 Å². The number of carbonyl (C=O) groups excluding carboxylic acids is 1. The zero-order valence-electron chi connectivity index (χ0n) is 20.1. The summed E-state index contributed by atoms with van der Waals surface area (Å²) in [5.74, 6) is -0.540. The minimum Gasteiger partial charge on any atom is -0.492 e. The molecule has 1 N–H and O–H groups in total. The molecule has 0 saturated carbocycles. The summed E-state index contributed by atoms with van der Waals surface area (Å²) in [6, 6.07) is 7.95. The second kappa shape index (κ2) is 10.5. The van der Waals surface area contributed by atoms with E-state index in [0.29, 0.717) is 25.4 Å². The number of rotatable bonds is 8. The van der Waals surface area contributed by atoms with E-state index in [1.54, 1.807) is 9.80 Å². The Hall–Kier alpha value is -2.70. The molecule has 0 aliphatic carbocycles. The molecule has 0 aromatic heterocycles. The average Bonchev–Trinajstić information content (AvgIpc) is 2.81. The fourth-order valence-corrected chi connectivity index (χ4v) is 5.03. The Bertz CT molecular complexity index is 1300. The van der Waals surface area contributed by atoms with Crippen molar-refractivity contribution in [3.8, 4) is 5.75 Å². The number of sulfone groups is 1. The Kier molecular flexibility index (Phi) is 8.07. The van der Waals surface area contributed by atoms with E-state index in [-0.39, 0.29) is 46.0 Å². The zero-order valence-corrected chi connectivity index (χ0v) is 21.7. The number of amides is 1. The number of hydrogen-bond donors (Lipinski definition) is 1. The number of anilines is 1. The summed E-state index contributed by atoms with van der Waals surface area (Å²) in [7, 11) is -6.00. The Morgan fingerprint density at radius 2 is 1.66 bits per heavy atom. The second-order valence-corrected chi connectivity index (χ2v) is 12.6. The van der Waals surface area contributed by atoms with Gasteiger partial charge in [0.15, 0.2) is 9.84 Å². The van der Waals surface area contributed by atoms with Crippen molar-refractivity contribution in [2.45, 2.75) is 23.6 Å². The number of nitrogens with one attached hydrogen (secondary N) is 1. The second-order valence-electron chi connectivity index (χ2n) is 8.74. The quantitative estimate of drug-likeness (QED) is 0.560. The van der Waals surface area contributed by atoms with Crippen LogP contribution in [0.4, 0.5) is 10.1 Å². The van der Waals surface area contributed by atoms with Gasteiger partial charge in [-0.15, -0.1) is 0 Å². The van der Waals surface area contributed by atoms with Crippen LogP contribution in [0.25, 0.3) is 0 Å². The number of hydrogen-bond acceptors (Lipinski definition) is 7. The van der Waals surface area contributed by atoms with Crippen molar-refractivity contribution in [3.05, 3.63) is 47.8 Å². The molecule has 2 aromatic rings. The van der Waals surface area contributed by atoms with Gasteiger partial charge in [-0.25, -0.2) is 25.9 Å². The van der Waals surface area contributed by atoms with Crippen molar-refractivity contribution in [3.63, 3.8) is 0 Å². The molecule has 0 radical (unpaired) electrons. The normalized spacial score (nSPS) is 14.9. The van der Waals surface area contributed by atoms with Crippen molar-refractivity contribution in [2.24, 2.45) is 5.92 Å². The summed E-state index contributed by atoms with van der Waals surface area (Å²) in [5, 5.41) is 0. The number of ether oxygens (including phenoxy) is 1. The van der Waals surface area contributed by atoms with E-state index in [4.69, 9.17) is 4.74 Å². The van der Waals surface area contributed by atoms with Crippen molar-refractivity contribution in [1.29, 1.82) is 0 Å². The number of piperazine rings is 1. The largest absolute Gasteiger partial charge is 0.492 e. The number of nitrogens with zero attached hydrogens (tertiary/aromatic N) is 2. The molecule has 3 rings (SSSR count). The Morgan fingerprint density at radius 3 is 2.20 bits per heavy atom. The minimum atomic E-state index is -3.77. The molecule has 1 fully saturated rings. The first-order valence-corrected chi connectivity index (χ1v) is 14.4. The van der Waals surface area contributed by atoms with Gasteiger partial charge in [-0.05, 0) is 49.4 Å². The predicted molar refractivity (Wildman–Crippen MR) is 131 cm³/mol. The van der Waals surface area contributed by atoms with Crippen LogP contribution in [-0.4, -0.2) is 73.7 Å². The molecule has 1 heterocycles. The number of benzene rings is 2. The van der Waals surface area contributed by atoms with Gasteiger partial charge in [0.05, 0.1) is 27.6 Å². The molecule has 2 aromatic carbocycles. The Labute approximate surface area is 205 Å². The van der Waals surface area contributed by atoms with Crippen LogP contribution in [0.1, 0.15) is 24.2 Å². The lowest BCUT2D eigenvalue weighted by atomic mass is 10.1. The molecular weight excluding hydrogens is 497 g/mol. The van der Waals surface area contributed by atoms with Crippen LogP contribution in [-0.2, 0) is 19.9 Å². The molecular formula is C23H30FN3O6S2. The third kappa shape index (κ3) is 6.30. The summed E-state index contributed by atoms with van der Waals surface area (Å²) in [5.41, 5.74) is 0.395. The summed E-state index contributed by atoms with van der Waals surface area (Å²) >= 11 is 0. The molecule has 192 valence electrons. The first-order valence-electron chi connectivity index (χ1n) is 11.1. The lowest BCUT2D eigenvalue weighted by Crippen LogP contribution is -2.49. The highest BCUT2D eigenvalue weighted by Crippen LogP contribution is 2.27. The first kappa shape index (κ1) is 26.9. The lowest BCUT2D eigenvalue weighted by Gasteiger charge is -2.36. The molecule has 35 heavy (non-hydrogen) atoms. The molecule has 1 amide bonds. The molecule has 9 nitrogen and oxygen atoms in total. The highest BCUT2D eigenvalue weighted by Gasteiger charge is 2.27. The molecule has 1 aliphatic rings. The van der Waals surface area contributed by atoms with Gasteiger partial charge in [-0.3, -0.25) is 4.79 Å². The number of carbonyl (C=O) groups is 1. The monoisotopic (exact) mass is 527 g/mol. The lowest BCUT2D eigenvalue weighted by molar-refractivity contribution is 0.0741. The van der Waals surface area contributed by atoms with Crippen molar-refractivity contribution >= 4 is 31.5 Å². The predicted octanol–water partition coefficient (Wildman–Crippen LogP) is 2.13. The third-order valence-corrected chi connectivity index (χ3v) is 8.11. The summed E-state index contributed by atoms with van der Waals surface area (Å²) in [6.07, 6.45) is 1.02. The topological polar surface area (TPSA) is 113 Å². The van der Waals surface area contributed by atoms with Gasteiger partial charge in [0.1, 0.15) is 11.6 Å². The minimum absolute atomic E-state index is 0.0491. The summed E-state index contributed by atoms with van der Waals surface area (Å²) in [6.45, 7) is 5.44. The summed E-state index contributed by atoms with van der Waals surface area (Å²) < 4.78 is 70.6. The van der Waals surface area contributed by atoms with E-state index >= 15 is 0 Å². The van der Waals surface area contributed by atoms with E-state index in [1.165, 1.54) is 37.4 Å². The number of sulfonamides is 1. The maximum absolute atomic E-state index is 14.6. The van der Waals surface area contributed by atoms with Gasteiger partial charge >= 0.3 is 0 Å². The van der Waals surface area contributed by atoms with Gasteiger partial charge in [0.25, 0.3) is 5.91 Å². The fraction of sp³-hybridized carbons (Fsp3) is 0.435. The zero-order chi connectivity index (χ0) is 26.0. The third-order valence-electron chi connectivity index (χ3n) is 5.59. The molecule has 12 heteroatoms. The molecule has 0 bridgehead atoms. The Balaban J connectivity index is 1.81. The molecule has 0 atom stereocenters. The van der Waals surface area contributed by atoms with Crippen LogP contribution >= 0.6 is 0 Å². The smallest absolute Gasteiger partial charge is 0.257 e. The van der Waals surface area contributed by atoms with Gasteiger partial charge < -0.3 is 14.5 Å². The maximum atomic E-state index is 14.6. The molecule has 0 unspecified atom stereocenters. The molecule has 0 spiro atoms. The SMILES string of the molecule is CNS(=O)(=O)c1ccc(OCC(C)C)c(C(=O)N2CCN(c3ccc(S(C)(=O)=O)cc3F)CC2)c1. The standard InChI is InChI=1S/C23H30FN3O6S2/c1-16(2)15-33-22-8-6-18(35(31,32)25-3)13-19(22)23(28)27-11-9-26(10-12-27)21-7-5-17(14-20(21)24)34(4,29)30/h5-8,13-14,16,25H,9-12,15H2,1-4H3. The summed E-state index contributed by atoms with van der Waals surface area (Å²) in [4.78, 5) is 16.5. The highest BCUT2D eigenvalue weighted by molar-refractivity contribution is 7.90. The fourth-order valence-electron chi connectivity index (χ4n) is 3.64. The van der Waals surface area contributed by atoms with Crippen molar-refractivity contribution < 1.29 is 30.8 Å². The van der Waals surface area contributed by atoms with E-state index < -0.39 is 25.7 Å². The van der Waals surface area contributed by atoms with Gasteiger partial charge in [-0.2, -0.15) is 0 Å². The van der Waals surface area contributed by atoms with Gasteiger partial charge in [0, 0.05) is 32.4 Å². The van der Waals surface area contributed by atoms with E-state index in [1.807, 2.05) is 13.8 Å². The number of halogens is 1. The molecule has 1 aliphatic heterocycles.